The molecule has 3 aromatic carbocycles. The van der Waals surface area contributed by atoms with Crippen LogP contribution in [0.5, 0.6) is 28.7 Å². The number of methoxy groups -OCH3 is 3. The standard InChI is InChI=1S/C21H20N2O8S/c1-28-15-6-4-14(5-7-15)22-32(26,27)19-8-9-21(20(13-19)23(24)25)31-18-11-16(29-2)10-17(12-18)30-3/h4-13,22H,1-3H3. The molecule has 0 aromatic heterocycles. The van der Waals surface area contributed by atoms with Crippen molar-refractivity contribution in [1.29, 1.82) is 0 Å². The normalized spacial score (nSPS) is 10.8. The predicted octanol–water partition coefficient (Wildman–Crippen LogP) is 4.21. The fourth-order valence-corrected chi connectivity index (χ4v) is 3.81. The molecule has 0 atom stereocenters. The number of sulfonamides is 1. The molecule has 3 aromatic rings. The van der Waals surface area contributed by atoms with E-state index < -0.39 is 20.6 Å². The topological polar surface area (TPSA) is 126 Å². The van der Waals surface area contributed by atoms with Crippen molar-refractivity contribution in [1.82, 2.24) is 0 Å². The zero-order valence-corrected chi connectivity index (χ0v) is 18.2. The Kier molecular flexibility index (Phi) is 6.69. The van der Waals surface area contributed by atoms with Crippen molar-refractivity contribution in [3.05, 3.63) is 70.8 Å². The van der Waals surface area contributed by atoms with Gasteiger partial charge in [-0.2, -0.15) is 0 Å². The average Bonchev–Trinajstić information content (AvgIpc) is 2.79. The molecule has 0 fully saturated rings. The summed E-state index contributed by atoms with van der Waals surface area (Å²) >= 11 is 0. The second-order valence-corrected chi connectivity index (χ2v) is 8.05. The lowest BCUT2D eigenvalue weighted by Crippen LogP contribution is -2.13. The Labute approximate surface area is 184 Å². The van der Waals surface area contributed by atoms with Gasteiger partial charge in [0.1, 0.15) is 23.0 Å². The first kappa shape index (κ1) is 22.7. The fourth-order valence-electron chi connectivity index (χ4n) is 2.73. The summed E-state index contributed by atoms with van der Waals surface area (Å²) in [4.78, 5) is 10.6. The van der Waals surface area contributed by atoms with E-state index in [1.165, 1.54) is 57.7 Å². The molecule has 0 bridgehead atoms. The molecular weight excluding hydrogens is 440 g/mol. The van der Waals surface area contributed by atoms with Crippen LogP contribution in [-0.4, -0.2) is 34.7 Å². The van der Waals surface area contributed by atoms with Gasteiger partial charge < -0.3 is 18.9 Å². The number of anilines is 1. The molecule has 0 saturated heterocycles. The lowest BCUT2D eigenvalue weighted by atomic mass is 10.2. The molecule has 32 heavy (non-hydrogen) atoms. The maximum Gasteiger partial charge on any atom is 0.312 e. The van der Waals surface area contributed by atoms with Gasteiger partial charge in [0.2, 0.25) is 5.75 Å². The van der Waals surface area contributed by atoms with Gasteiger partial charge in [0.05, 0.1) is 31.1 Å². The van der Waals surface area contributed by atoms with E-state index in [1.807, 2.05) is 0 Å². The van der Waals surface area contributed by atoms with Gasteiger partial charge in [-0.05, 0) is 36.4 Å². The molecule has 1 N–H and O–H groups in total. The number of rotatable bonds is 9. The molecule has 0 heterocycles. The average molecular weight is 460 g/mol. The first-order valence-corrected chi connectivity index (χ1v) is 10.6. The Morgan fingerprint density at radius 1 is 0.781 bits per heavy atom. The smallest absolute Gasteiger partial charge is 0.312 e. The van der Waals surface area contributed by atoms with E-state index >= 15 is 0 Å². The minimum atomic E-state index is -4.09. The van der Waals surface area contributed by atoms with Crippen LogP contribution in [0.25, 0.3) is 0 Å². The van der Waals surface area contributed by atoms with Crippen LogP contribution in [0.4, 0.5) is 11.4 Å². The summed E-state index contributed by atoms with van der Waals surface area (Å²) in [6.45, 7) is 0. The summed E-state index contributed by atoms with van der Waals surface area (Å²) in [5.41, 5.74) is -0.248. The van der Waals surface area contributed by atoms with Crippen molar-refractivity contribution in [3.8, 4) is 28.7 Å². The summed E-state index contributed by atoms with van der Waals surface area (Å²) < 4.78 is 48.8. The molecule has 3 rings (SSSR count). The molecular formula is C21H20N2O8S. The molecule has 0 aliphatic carbocycles. The van der Waals surface area contributed by atoms with Crippen LogP contribution in [0.1, 0.15) is 0 Å². The van der Waals surface area contributed by atoms with Gasteiger partial charge in [-0.15, -0.1) is 0 Å². The number of hydrogen-bond donors (Lipinski definition) is 1. The highest BCUT2D eigenvalue weighted by Gasteiger charge is 2.23. The third-order valence-electron chi connectivity index (χ3n) is 4.33. The molecule has 11 heteroatoms. The van der Waals surface area contributed by atoms with E-state index in [0.29, 0.717) is 17.2 Å². The van der Waals surface area contributed by atoms with Gasteiger partial charge in [-0.25, -0.2) is 8.42 Å². The second-order valence-electron chi connectivity index (χ2n) is 6.37. The third-order valence-corrected chi connectivity index (χ3v) is 5.71. The van der Waals surface area contributed by atoms with Crippen LogP contribution in [0.3, 0.4) is 0 Å². The summed E-state index contributed by atoms with van der Waals surface area (Å²) in [5.74, 6) is 1.47. The first-order valence-electron chi connectivity index (χ1n) is 9.12. The molecule has 0 unspecified atom stereocenters. The van der Waals surface area contributed by atoms with Crippen molar-refractivity contribution >= 4 is 21.4 Å². The van der Waals surface area contributed by atoms with Gasteiger partial charge in [-0.1, -0.05) is 0 Å². The molecule has 0 amide bonds. The van der Waals surface area contributed by atoms with E-state index in [0.717, 1.165) is 6.07 Å². The minimum absolute atomic E-state index is 0.145. The van der Waals surface area contributed by atoms with Crippen LogP contribution < -0.4 is 23.7 Å². The summed E-state index contributed by atoms with van der Waals surface area (Å²) in [6.07, 6.45) is 0. The highest BCUT2D eigenvalue weighted by molar-refractivity contribution is 7.92. The maximum absolute atomic E-state index is 12.7. The number of ether oxygens (including phenoxy) is 4. The minimum Gasteiger partial charge on any atom is -0.497 e. The van der Waals surface area contributed by atoms with E-state index in [-0.39, 0.29) is 22.1 Å². The molecule has 168 valence electrons. The number of benzene rings is 3. The largest absolute Gasteiger partial charge is 0.497 e. The molecule has 0 saturated carbocycles. The number of nitro groups is 1. The van der Waals surface area contributed by atoms with Crippen LogP contribution >= 0.6 is 0 Å². The maximum atomic E-state index is 12.7. The zero-order valence-electron chi connectivity index (χ0n) is 17.4. The Hall–Kier alpha value is -3.99. The Bertz CT molecular complexity index is 1200. The lowest BCUT2D eigenvalue weighted by molar-refractivity contribution is -0.385. The highest BCUT2D eigenvalue weighted by atomic mass is 32.2. The molecule has 0 radical (unpaired) electrons. The van der Waals surface area contributed by atoms with Crippen molar-refractivity contribution in [3.63, 3.8) is 0 Å². The van der Waals surface area contributed by atoms with Gasteiger partial charge in [0, 0.05) is 30.0 Å². The van der Waals surface area contributed by atoms with Crippen LogP contribution in [0, 0.1) is 10.1 Å². The van der Waals surface area contributed by atoms with E-state index in [2.05, 4.69) is 4.72 Å². The van der Waals surface area contributed by atoms with Gasteiger partial charge in [0.25, 0.3) is 10.0 Å². The fraction of sp³-hybridized carbons (Fsp3) is 0.143. The van der Waals surface area contributed by atoms with Crippen molar-refractivity contribution in [2.75, 3.05) is 26.1 Å². The Morgan fingerprint density at radius 2 is 1.34 bits per heavy atom. The third kappa shape index (κ3) is 5.19. The molecule has 0 spiro atoms. The van der Waals surface area contributed by atoms with E-state index in [4.69, 9.17) is 18.9 Å². The number of nitro benzene ring substituents is 1. The van der Waals surface area contributed by atoms with Crippen molar-refractivity contribution in [2.24, 2.45) is 0 Å². The summed E-state index contributed by atoms with van der Waals surface area (Å²) in [7, 11) is 0.309. The van der Waals surface area contributed by atoms with Gasteiger partial charge in [-0.3, -0.25) is 14.8 Å². The lowest BCUT2D eigenvalue weighted by Gasteiger charge is -2.12. The first-order chi connectivity index (χ1) is 15.2. The van der Waals surface area contributed by atoms with Crippen molar-refractivity contribution < 1.29 is 32.3 Å². The van der Waals surface area contributed by atoms with E-state index in [1.54, 1.807) is 18.2 Å². The molecule has 0 aliphatic rings. The Morgan fingerprint density at radius 3 is 1.88 bits per heavy atom. The van der Waals surface area contributed by atoms with Gasteiger partial charge >= 0.3 is 5.69 Å². The van der Waals surface area contributed by atoms with Gasteiger partial charge in [0.15, 0.2) is 0 Å². The monoisotopic (exact) mass is 460 g/mol. The Balaban J connectivity index is 1.92. The van der Waals surface area contributed by atoms with Crippen LogP contribution in [0.15, 0.2) is 65.6 Å². The predicted molar refractivity (Wildman–Crippen MR) is 117 cm³/mol. The highest BCUT2D eigenvalue weighted by Crippen LogP contribution is 2.36. The SMILES string of the molecule is COc1ccc(NS(=O)(=O)c2ccc(Oc3cc(OC)cc(OC)c3)c([N+](=O)[O-])c2)cc1. The number of nitrogens with one attached hydrogen (secondary N) is 1. The van der Waals surface area contributed by atoms with Crippen LogP contribution in [-0.2, 0) is 10.0 Å². The van der Waals surface area contributed by atoms with Crippen LogP contribution in [0.2, 0.25) is 0 Å². The zero-order chi connectivity index (χ0) is 23.3. The molecule has 10 nitrogen and oxygen atoms in total. The number of nitrogens with zero attached hydrogens (tertiary/aromatic N) is 1. The van der Waals surface area contributed by atoms with E-state index in [9.17, 15) is 18.5 Å². The summed E-state index contributed by atoms with van der Waals surface area (Å²) in [5, 5.41) is 11.6. The van der Waals surface area contributed by atoms with Crippen molar-refractivity contribution in [2.45, 2.75) is 4.90 Å². The quantitative estimate of drug-likeness (QED) is 0.372. The summed E-state index contributed by atoms with van der Waals surface area (Å²) in [6, 6.07) is 14.2. The second kappa shape index (κ2) is 9.43. The molecule has 0 aliphatic heterocycles. The number of hydrogen-bond acceptors (Lipinski definition) is 8.